The van der Waals surface area contributed by atoms with E-state index < -0.39 is 0 Å². The highest BCUT2D eigenvalue weighted by Gasteiger charge is 2.20. The van der Waals surface area contributed by atoms with Crippen LogP contribution in [0.1, 0.15) is 33.1 Å². The number of nitrogens with zero attached hydrogens (tertiary/aromatic N) is 2. The van der Waals surface area contributed by atoms with Crippen LogP contribution in [0.2, 0.25) is 0 Å². The third-order valence-electron chi connectivity index (χ3n) is 2.59. The Morgan fingerprint density at radius 2 is 2.38 bits per heavy atom. The van der Waals surface area contributed by atoms with Gasteiger partial charge in [0.2, 0.25) is 0 Å². The van der Waals surface area contributed by atoms with Crippen LogP contribution in [-0.4, -0.2) is 36.4 Å². The Balaban J connectivity index is 2.41. The molecule has 0 aromatic rings. The summed E-state index contributed by atoms with van der Waals surface area (Å²) < 4.78 is 0. The topological polar surface area (TPSA) is 27.6 Å². The largest absolute Gasteiger partial charge is 0.333 e. The minimum Gasteiger partial charge on any atom is -0.333 e. The van der Waals surface area contributed by atoms with E-state index >= 15 is 0 Å². The van der Waals surface area contributed by atoms with Crippen molar-refractivity contribution in [1.82, 2.24) is 10.2 Å². The predicted molar refractivity (Wildman–Crippen MR) is 71.0 cm³/mol. The van der Waals surface area contributed by atoms with Crippen molar-refractivity contribution in [2.45, 2.75) is 38.6 Å². The lowest BCUT2D eigenvalue weighted by molar-refractivity contribution is 0.508. The van der Waals surface area contributed by atoms with Gasteiger partial charge in [-0.25, -0.2) is 4.99 Å². The normalized spacial score (nSPS) is 22.3. The molecule has 0 aliphatic carbocycles. The number of alkyl halides is 1. The Morgan fingerprint density at radius 3 is 3.06 bits per heavy atom. The lowest BCUT2D eigenvalue weighted by Gasteiger charge is -2.17. The summed E-state index contributed by atoms with van der Waals surface area (Å²) in [6.45, 7) is 7.36. The molecule has 0 saturated heterocycles. The van der Waals surface area contributed by atoms with Gasteiger partial charge >= 0.3 is 0 Å². The van der Waals surface area contributed by atoms with E-state index in [0.29, 0.717) is 0 Å². The molecule has 0 bridgehead atoms. The molecule has 1 aliphatic rings. The Labute approximate surface area is 104 Å². The van der Waals surface area contributed by atoms with Gasteiger partial charge in [0.1, 0.15) is 0 Å². The first-order valence-electron chi connectivity index (χ1n) is 6.14. The minimum absolute atomic E-state index is 0.182. The van der Waals surface area contributed by atoms with Crippen molar-refractivity contribution in [2.75, 3.05) is 19.6 Å². The van der Waals surface area contributed by atoms with Gasteiger partial charge in [-0.2, -0.15) is 0 Å². The Morgan fingerprint density at radius 1 is 1.56 bits per heavy atom. The number of nitrogens with one attached hydrogen (secondary N) is 1. The zero-order chi connectivity index (χ0) is 11.8. The predicted octanol–water partition coefficient (Wildman–Crippen LogP) is 2.58. The number of hydrogen-bond acceptors (Lipinski definition) is 3. The molecule has 0 aromatic carbocycles. The van der Waals surface area contributed by atoms with Gasteiger partial charge in [-0.05, 0) is 25.9 Å². The average Bonchev–Trinajstić information content (AvgIpc) is 2.63. The van der Waals surface area contributed by atoms with Gasteiger partial charge in [0.15, 0.2) is 5.50 Å². The van der Waals surface area contributed by atoms with Crippen molar-refractivity contribution in [1.29, 1.82) is 0 Å². The summed E-state index contributed by atoms with van der Waals surface area (Å²) in [5, 5.41) is 3.30. The highest BCUT2D eigenvalue weighted by molar-refractivity contribution is 6.23. The van der Waals surface area contributed by atoms with Crippen LogP contribution in [0.4, 0.5) is 0 Å². The molecule has 1 N–H and O–H groups in total. The number of unbranched alkanes of at least 4 members (excludes halogenated alkanes) is 1. The maximum Gasteiger partial charge on any atom is 0.164 e. The fourth-order valence-corrected chi connectivity index (χ4v) is 1.91. The molecule has 16 heavy (non-hydrogen) atoms. The quantitative estimate of drug-likeness (QED) is 0.423. The molecule has 1 rings (SSSR count). The van der Waals surface area contributed by atoms with Gasteiger partial charge in [-0.3, -0.25) is 0 Å². The molecule has 1 heterocycles. The second kappa shape index (κ2) is 7.69. The summed E-state index contributed by atoms with van der Waals surface area (Å²) >= 11 is 6.14. The third kappa shape index (κ3) is 4.14. The molecule has 1 unspecified atom stereocenters. The summed E-state index contributed by atoms with van der Waals surface area (Å²) in [6.07, 6.45) is 7.45. The molecule has 0 saturated carbocycles. The number of hydrogen-bond donors (Lipinski definition) is 1. The van der Waals surface area contributed by atoms with Gasteiger partial charge in [-0.1, -0.05) is 37.9 Å². The number of aliphatic imine (C=N–C) groups is 1. The summed E-state index contributed by atoms with van der Waals surface area (Å²) in [5.74, 6) is 0. The molecule has 0 fully saturated rings. The monoisotopic (exact) mass is 243 g/mol. The van der Waals surface area contributed by atoms with Gasteiger partial charge < -0.3 is 10.2 Å². The molecule has 0 amide bonds. The zero-order valence-corrected chi connectivity index (χ0v) is 11.0. The lowest BCUT2D eigenvalue weighted by atomic mass is 10.2. The molecular weight excluding hydrogens is 222 g/mol. The van der Waals surface area contributed by atoms with Crippen molar-refractivity contribution < 1.29 is 0 Å². The summed E-state index contributed by atoms with van der Waals surface area (Å²) in [5.41, 5.74) is 0.964. The van der Waals surface area contributed by atoms with E-state index in [-0.39, 0.29) is 5.50 Å². The van der Waals surface area contributed by atoms with Crippen LogP contribution in [0.3, 0.4) is 0 Å². The third-order valence-corrected chi connectivity index (χ3v) is 2.93. The highest BCUT2D eigenvalue weighted by Crippen LogP contribution is 2.21. The number of rotatable bonds is 7. The van der Waals surface area contributed by atoms with Crippen LogP contribution >= 0.6 is 11.6 Å². The summed E-state index contributed by atoms with van der Waals surface area (Å²) in [6, 6.07) is 0. The van der Waals surface area contributed by atoms with Crippen molar-refractivity contribution in [3.63, 3.8) is 0 Å². The minimum atomic E-state index is -0.182. The lowest BCUT2D eigenvalue weighted by Crippen LogP contribution is -2.21. The van der Waals surface area contributed by atoms with Crippen molar-refractivity contribution in [3.05, 3.63) is 11.8 Å². The standard InChI is InChI=1S/C12H22ClN3/c1-3-5-9-16-10-15-12(13)11(16)7-6-8-14-4-2/h7,10,12,14H,3-6,8-9H2,1-2H3. The molecule has 0 radical (unpaired) electrons. The molecule has 3 nitrogen and oxygen atoms in total. The molecular formula is C12H22ClN3. The van der Waals surface area contributed by atoms with Crippen LogP contribution in [0.25, 0.3) is 0 Å². The summed E-state index contributed by atoms with van der Waals surface area (Å²) in [4.78, 5) is 6.40. The molecule has 4 heteroatoms. The van der Waals surface area contributed by atoms with E-state index in [4.69, 9.17) is 11.6 Å². The van der Waals surface area contributed by atoms with Gasteiger partial charge in [0.25, 0.3) is 0 Å². The van der Waals surface area contributed by atoms with Crippen LogP contribution in [0, 0.1) is 0 Å². The SMILES string of the molecule is CCCCN1C=NC(Cl)C1=CCCNCC. The average molecular weight is 244 g/mol. The first kappa shape index (κ1) is 13.5. The second-order valence-electron chi connectivity index (χ2n) is 3.92. The van der Waals surface area contributed by atoms with Crippen LogP contribution < -0.4 is 5.32 Å². The smallest absolute Gasteiger partial charge is 0.164 e. The number of halogens is 1. The molecule has 0 aromatic heterocycles. The fraction of sp³-hybridized carbons (Fsp3) is 0.750. The fourth-order valence-electron chi connectivity index (χ4n) is 1.65. The zero-order valence-electron chi connectivity index (χ0n) is 10.2. The Hall–Kier alpha value is -0.540. The van der Waals surface area contributed by atoms with Crippen LogP contribution in [-0.2, 0) is 0 Å². The van der Waals surface area contributed by atoms with Crippen molar-refractivity contribution in [3.8, 4) is 0 Å². The maximum absolute atomic E-state index is 6.14. The van der Waals surface area contributed by atoms with E-state index in [1.165, 1.54) is 12.8 Å². The second-order valence-corrected chi connectivity index (χ2v) is 4.33. The highest BCUT2D eigenvalue weighted by atomic mass is 35.5. The van der Waals surface area contributed by atoms with Crippen molar-refractivity contribution >= 4 is 17.9 Å². The van der Waals surface area contributed by atoms with E-state index in [9.17, 15) is 0 Å². The summed E-state index contributed by atoms with van der Waals surface area (Å²) in [7, 11) is 0. The van der Waals surface area contributed by atoms with E-state index in [1.807, 2.05) is 6.34 Å². The maximum atomic E-state index is 6.14. The van der Waals surface area contributed by atoms with Crippen molar-refractivity contribution in [2.24, 2.45) is 4.99 Å². The van der Waals surface area contributed by atoms with Gasteiger partial charge in [0.05, 0.1) is 12.0 Å². The van der Waals surface area contributed by atoms with Crippen LogP contribution in [0.5, 0.6) is 0 Å². The molecule has 1 aliphatic heterocycles. The molecule has 0 spiro atoms. The van der Waals surface area contributed by atoms with E-state index in [1.54, 1.807) is 0 Å². The van der Waals surface area contributed by atoms with Crippen LogP contribution in [0.15, 0.2) is 16.8 Å². The van der Waals surface area contributed by atoms with Gasteiger partial charge in [0, 0.05) is 6.54 Å². The first-order chi connectivity index (χ1) is 7.79. The van der Waals surface area contributed by atoms with E-state index in [0.717, 1.165) is 31.8 Å². The Bertz CT molecular complexity index is 251. The van der Waals surface area contributed by atoms with E-state index in [2.05, 4.69) is 35.1 Å². The first-order valence-corrected chi connectivity index (χ1v) is 6.58. The van der Waals surface area contributed by atoms with Gasteiger partial charge in [-0.15, -0.1) is 0 Å². The Kier molecular flexibility index (Phi) is 6.50. The molecule has 1 atom stereocenters. The molecule has 92 valence electrons.